The molecule has 0 bridgehead atoms. The minimum absolute atomic E-state index is 0.0321. The topological polar surface area (TPSA) is 59.5 Å². The lowest BCUT2D eigenvalue weighted by Gasteiger charge is -2.29. The number of aryl methyl sites for hydroxylation is 1. The van der Waals surface area contributed by atoms with Crippen molar-refractivity contribution in [3.63, 3.8) is 0 Å². The number of halogens is 1. The van der Waals surface area contributed by atoms with E-state index in [-0.39, 0.29) is 24.8 Å². The molecule has 0 fully saturated rings. The standard InChI is InChI=1S/C22H19FN2O3S/c23-17-8-3-6-16(11-17)22-24-18(14-29-22)12-21(27)28-13-20(26)25-10-4-7-15-5-1-2-9-19(15)25/h1-3,5-6,8-9,11,14H,4,7,10,12-13H2. The number of ether oxygens (including phenoxy) is 1. The fourth-order valence-corrected chi connectivity index (χ4v) is 4.17. The van der Waals surface area contributed by atoms with Gasteiger partial charge in [-0.15, -0.1) is 11.3 Å². The highest BCUT2D eigenvalue weighted by atomic mass is 32.1. The van der Waals surface area contributed by atoms with Gasteiger partial charge in [0.25, 0.3) is 5.91 Å². The van der Waals surface area contributed by atoms with Gasteiger partial charge in [0.2, 0.25) is 0 Å². The predicted molar refractivity (Wildman–Crippen MR) is 109 cm³/mol. The molecule has 1 aliphatic rings. The fourth-order valence-electron chi connectivity index (χ4n) is 3.35. The van der Waals surface area contributed by atoms with Crippen molar-refractivity contribution in [1.82, 2.24) is 4.98 Å². The van der Waals surface area contributed by atoms with Crippen LogP contribution in [0.3, 0.4) is 0 Å². The molecule has 1 aliphatic heterocycles. The van der Waals surface area contributed by atoms with Gasteiger partial charge in [0, 0.05) is 23.2 Å². The van der Waals surface area contributed by atoms with E-state index < -0.39 is 5.97 Å². The Labute approximate surface area is 171 Å². The normalized spacial score (nSPS) is 13.1. The summed E-state index contributed by atoms with van der Waals surface area (Å²) in [4.78, 5) is 30.7. The Morgan fingerprint density at radius 1 is 1.17 bits per heavy atom. The van der Waals surface area contributed by atoms with Crippen molar-refractivity contribution in [2.75, 3.05) is 18.1 Å². The first-order valence-corrected chi connectivity index (χ1v) is 10.2. The Hall–Kier alpha value is -3.06. The number of carbonyl (C=O) groups is 2. The van der Waals surface area contributed by atoms with E-state index in [2.05, 4.69) is 4.98 Å². The second-order valence-corrected chi connectivity index (χ2v) is 7.63. The third kappa shape index (κ3) is 4.51. The van der Waals surface area contributed by atoms with Crippen molar-refractivity contribution in [1.29, 1.82) is 0 Å². The number of aromatic nitrogens is 1. The van der Waals surface area contributed by atoms with Crippen LogP contribution in [0.5, 0.6) is 0 Å². The Balaban J connectivity index is 1.34. The first-order chi connectivity index (χ1) is 14.1. The van der Waals surface area contributed by atoms with Crippen LogP contribution in [0.2, 0.25) is 0 Å². The van der Waals surface area contributed by atoms with Gasteiger partial charge in [0.15, 0.2) is 6.61 Å². The summed E-state index contributed by atoms with van der Waals surface area (Å²) in [5.74, 6) is -1.08. The minimum atomic E-state index is -0.514. The summed E-state index contributed by atoms with van der Waals surface area (Å²) >= 11 is 1.33. The third-order valence-corrected chi connectivity index (χ3v) is 5.66. The van der Waals surface area contributed by atoms with Crippen molar-refractivity contribution >= 4 is 28.9 Å². The minimum Gasteiger partial charge on any atom is -0.455 e. The highest BCUT2D eigenvalue weighted by Crippen LogP contribution is 2.27. The monoisotopic (exact) mass is 410 g/mol. The third-order valence-electron chi connectivity index (χ3n) is 4.72. The average molecular weight is 410 g/mol. The summed E-state index contributed by atoms with van der Waals surface area (Å²) in [6, 6.07) is 13.9. The molecule has 2 heterocycles. The van der Waals surface area contributed by atoms with Gasteiger partial charge in [-0.1, -0.05) is 30.3 Å². The van der Waals surface area contributed by atoms with Crippen LogP contribution in [0.1, 0.15) is 17.7 Å². The van der Waals surface area contributed by atoms with Crippen molar-refractivity contribution in [3.05, 3.63) is 71.0 Å². The van der Waals surface area contributed by atoms with E-state index in [4.69, 9.17) is 4.74 Å². The highest BCUT2D eigenvalue weighted by Gasteiger charge is 2.23. The summed E-state index contributed by atoms with van der Waals surface area (Å²) in [5.41, 5.74) is 3.22. The molecule has 0 radical (unpaired) electrons. The van der Waals surface area contributed by atoms with E-state index >= 15 is 0 Å². The fraction of sp³-hybridized carbons (Fsp3) is 0.227. The molecule has 0 saturated carbocycles. The number of hydrogen-bond donors (Lipinski definition) is 0. The van der Waals surface area contributed by atoms with Crippen LogP contribution >= 0.6 is 11.3 Å². The predicted octanol–water partition coefficient (Wildman–Crippen LogP) is 4.01. The molecule has 4 rings (SSSR count). The first-order valence-electron chi connectivity index (χ1n) is 9.34. The number of esters is 1. The number of amides is 1. The number of benzene rings is 2. The Bertz CT molecular complexity index is 1050. The molecule has 148 valence electrons. The second kappa shape index (κ2) is 8.53. The molecule has 0 saturated heterocycles. The largest absolute Gasteiger partial charge is 0.455 e. The molecule has 7 heteroatoms. The zero-order valence-electron chi connectivity index (χ0n) is 15.6. The molecule has 5 nitrogen and oxygen atoms in total. The van der Waals surface area contributed by atoms with Crippen molar-refractivity contribution in [2.24, 2.45) is 0 Å². The van der Waals surface area contributed by atoms with Gasteiger partial charge in [-0.2, -0.15) is 0 Å². The highest BCUT2D eigenvalue weighted by molar-refractivity contribution is 7.13. The van der Waals surface area contributed by atoms with Crippen molar-refractivity contribution in [2.45, 2.75) is 19.3 Å². The van der Waals surface area contributed by atoms with Crippen LogP contribution in [-0.2, 0) is 27.2 Å². The quantitative estimate of drug-likeness (QED) is 0.596. The Morgan fingerprint density at radius 3 is 2.90 bits per heavy atom. The number of thiazole rings is 1. The SMILES string of the molecule is O=C(Cc1csc(-c2cccc(F)c2)n1)OCC(=O)N1CCCc2ccccc21. The summed E-state index contributed by atoms with van der Waals surface area (Å²) in [5, 5.41) is 2.37. The molecule has 0 unspecified atom stereocenters. The maximum absolute atomic E-state index is 13.4. The zero-order chi connectivity index (χ0) is 20.2. The number of hydrogen-bond acceptors (Lipinski definition) is 5. The van der Waals surface area contributed by atoms with Crippen LogP contribution < -0.4 is 4.90 Å². The van der Waals surface area contributed by atoms with E-state index in [1.807, 2.05) is 24.3 Å². The molecular weight excluding hydrogens is 391 g/mol. The van der Waals surface area contributed by atoms with Crippen molar-refractivity contribution in [3.8, 4) is 10.6 Å². The smallest absolute Gasteiger partial charge is 0.312 e. The van der Waals surface area contributed by atoms with Gasteiger partial charge >= 0.3 is 5.97 Å². The molecule has 1 amide bonds. The lowest BCUT2D eigenvalue weighted by molar-refractivity contribution is -0.147. The van der Waals surface area contributed by atoms with Gasteiger partial charge in [0.1, 0.15) is 10.8 Å². The molecule has 0 atom stereocenters. The summed E-state index contributed by atoms with van der Waals surface area (Å²) in [6.07, 6.45) is 1.80. The van der Waals surface area contributed by atoms with Crippen LogP contribution in [0, 0.1) is 5.82 Å². The zero-order valence-corrected chi connectivity index (χ0v) is 16.5. The summed E-state index contributed by atoms with van der Waals surface area (Å²) in [7, 11) is 0. The van der Waals surface area contributed by atoms with Gasteiger partial charge in [-0.25, -0.2) is 9.37 Å². The maximum atomic E-state index is 13.4. The molecular formula is C22H19FN2O3S. The van der Waals surface area contributed by atoms with Gasteiger partial charge in [-0.3, -0.25) is 9.59 Å². The van der Waals surface area contributed by atoms with Crippen LogP contribution in [0.4, 0.5) is 10.1 Å². The molecule has 0 aliphatic carbocycles. The van der Waals surface area contributed by atoms with Crippen LogP contribution in [-0.4, -0.2) is 30.0 Å². The number of rotatable bonds is 5. The van der Waals surface area contributed by atoms with E-state index in [1.165, 1.54) is 23.5 Å². The number of fused-ring (bicyclic) bond motifs is 1. The van der Waals surface area contributed by atoms with E-state index in [1.54, 1.807) is 22.4 Å². The molecule has 0 N–H and O–H groups in total. The van der Waals surface area contributed by atoms with E-state index in [0.29, 0.717) is 22.8 Å². The molecule has 0 spiro atoms. The van der Waals surface area contributed by atoms with Gasteiger partial charge in [-0.05, 0) is 36.6 Å². The lowest BCUT2D eigenvalue weighted by Crippen LogP contribution is -2.38. The van der Waals surface area contributed by atoms with Crippen molar-refractivity contribution < 1.29 is 18.7 Å². The van der Waals surface area contributed by atoms with Gasteiger partial charge in [0.05, 0.1) is 12.1 Å². The Morgan fingerprint density at radius 2 is 2.03 bits per heavy atom. The Kier molecular flexibility index (Phi) is 5.67. The second-order valence-electron chi connectivity index (χ2n) is 6.77. The van der Waals surface area contributed by atoms with Gasteiger partial charge < -0.3 is 9.64 Å². The van der Waals surface area contributed by atoms with Crippen LogP contribution in [0.25, 0.3) is 10.6 Å². The number of para-hydroxylation sites is 1. The first kappa shape index (κ1) is 19.3. The number of anilines is 1. The molecule has 3 aromatic rings. The molecule has 29 heavy (non-hydrogen) atoms. The maximum Gasteiger partial charge on any atom is 0.312 e. The number of carbonyl (C=O) groups excluding carboxylic acids is 2. The van der Waals surface area contributed by atoms with E-state index in [0.717, 1.165) is 24.1 Å². The lowest BCUT2D eigenvalue weighted by atomic mass is 10.0. The summed E-state index contributed by atoms with van der Waals surface area (Å²) in [6.45, 7) is 0.324. The van der Waals surface area contributed by atoms with E-state index in [9.17, 15) is 14.0 Å². The van der Waals surface area contributed by atoms with Crippen LogP contribution in [0.15, 0.2) is 53.9 Å². The molecule has 2 aromatic carbocycles. The average Bonchev–Trinajstić information content (AvgIpc) is 3.20. The summed E-state index contributed by atoms with van der Waals surface area (Å²) < 4.78 is 18.5. The number of nitrogens with zero attached hydrogens (tertiary/aromatic N) is 2. The molecule has 1 aromatic heterocycles.